The largest absolute Gasteiger partial charge is 0.342 e. The second-order valence-electron chi connectivity index (χ2n) is 9.27. The van der Waals surface area contributed by atoms with Gasteiger partial charge in [0.25, 0.3) is 0 Å². The molecule has 2 aromatic carbocycles. The number of rotatable bonds is 6. The van der Waals surface area contributed by atoms with Gasteiger partial charge in [0.05, 0.1) is 17.2 Å². The first-order valence-corrected chi connectivity index (χ1v) is 13.5. The molecule has 1 N–H and O–H groups in total. The van der Waals surface area contributed by atoms with Crippen molar-refractivity contribution in [1.29, 1.82) is 0 Å². The van der Waals surface area contributed by atoms with Gasteiger partial charge in [0.2, 0.25) is 21.8 Å². The smallest absolute Gasteiger partial charge is 0.243 e. The topological polar surface area (TPSA) is 86.8 Å². The van der Waals surface area contributed by atoms with Crippen LogP contribution in [0, 0.1) is 12.8 Å². The van der Waals surface area contributed by atoms with Crippen LogP contribution in [-0.4, -0.2) is 55.6 Å². The van der Waals surface area contributed by atoms with Crippen LogP contribution in [0.4, 0.5) is 5.69 Å². The number of piperidine rings is 2. The molecule has 2 amide bonds. The number of hydrogen-bond acceptors (Lipinski definition) is 4. The second kappa shape index (κ2) is 10.7. The van der Waals surface area contributed by atoms with Gasteiger partial charge < -0.3 is 10.2 Å². The van der Waals surface area contributed by atoms with Gasteiger partial charge in [-0.25, -0.2) is 8.42 Å². The predicted octanol–water partition coefficient (Wildman–Crippen LogP) is 3.59. The first-order chi connectivity index (χ1) is 16.3. The van der Waals surface area contributed by atoms with Crippen LogP contribution in [0.2, 0.25) is 0 Å². The van der Waals surface area contributed by atoms with Crippen molar-refractivity contribution >= 4 is 27.5 Å². The van der Waals surface area contributed by atoms with Crippen LogP contribution >= 0.6 is 0 Å². The third kappa shape index (κ3) is 5.67. The molecule has 1 unspecified atom stereocenters. The number of amides is 2. The number of carbonyl (C=O) groups excluding carboxylic acids is 2. The Labute approximate surface area is 202 Å². The molecule has 2 aliphatic heterocycles. The lowest BCUT2D eigenvalue weighted by molar-refractivity contribution is -0.133. The highest BCUT2D eigenvalue weighted by atomic mass is 32.2. The molecule has 2 heterocycles. The van der Waals surface area contributed by atoms with E-state index in [0.717, 1.165) is 36.8 Å². The van der Waals surface area contributed by atoms with Gasteiger partial charge >= 0.3 is 0 Å². The molecule has 4 rings (SSSR count). The third-order valence-electron chi connectivity index (χ3n) is 6.76. The number of sulfonamides is 1. The van der Waals surface area contributed by atoms with Crippen molar-refractivity contribution < 1.29 is 18.0 Å². The first-order valence-electron chi connectivity index (χ1n) is 12.1. The maximum absolute atomic E-state index is 13.1. The van der Waals surface area contributed by atoms with E-state index in [1.807, 2.05) is 37.3 Å². The van der Waals surface area contributed by atoms with Crippen molar-refractivity contribution in [1.82, 2.24) is 9.21 Å². The Hall–Kier alpha value is -2.71. The summed E-state index contributed by atoms with van der Waals surface area (Å²) in [6.45, 7) is 3.95. The summed E-state index contributed by atoms with van der Waals surface area (Å²) in [5, 5.41) is 2.94. The second-order valence-corrected chi connectivity index (χ2v) is 11.2. The molecule has 0 aromatic heterocycles. The summed E-state index contributed by atoms with van der Waals surface area (Å²) in [4.78, 5) is 27.9. The number of anilines is 1. The minimum Gasteiger partial charge on any atom is -0.342 e. The SMILES string of the molecule is Cc1ccc(S(=O)(=O)N2CCCCC2)cc1NC(=O)C1CCCN(C(=O)Cc2ccccc2)C1. The standard InChI is InChI=1S/C26H33N3O4S/c1-20-12-13-23(34(32,33)29-15-6-3-7-16-29)18-24(20)27-26(31)22-11-8-14-28(19-22)25(30)17-21-9-4-2-5-10-21/h2,4-5,9-10,12-13,18,22H,3,6-8,11,14-17,19H2,1H3,(H,27,31). The maximum atomic E-state index is 13.1. The Morgan fingerprint density at radius 1 is 0.971 bits per heavy atom. The van der Waals surface area contributed by atoms with E-state index in [9.17, 15) is 18.0 Å². The summed E-state index contributed by atoms with van der Waals surface area (Å²) in [7, 11) is -3.58. The number of aryl methyl sites for hydroxylation is 1. The van der Waals surface area contributed by atoms with Crippen molar-refractivity contribution in [3.8, 4) is 0 Å². The Morgan fingerprint density at radius 2 is 1.71 bits per heavy atom. The lowest BCUT2D eigenvalue weighted by atomic mass is 9.96. The van der Waals surface area contributed by atoms with Crippen molar-refractivity contribution in [2.75, 3.05) is 31.5 Å². The normalized spacial score (nSPS) is 19.6. The average molecular weight is 484 g/mol. The summed E-state index contributed by atoms with van der Waals surface area (Å²) in [6.07, 6.45) is 4.58. The molecule has 2 aromatic rings. The number of nitrogens with zero attached hydrogens (tertiary/aromatic N) is 2. The molecule has 7 nitrogen and oxygen atoms in total. The van der Waals surface area contributed by atoms with Gasteiger partial charge in [-0.15, -0.1) is 0 Å². The molecule has 0 spiro atoms. The molecule has 8 heteroatoms. The fourth-order valence-electron chi connectivity index (χ4n) is 4.69. The molecule has 0 aliphatic carbocycles. The van der Waals surface area contributed by atoms with Crippen molar-refractivity contribution in [2.45, 2.75) is 50.3 Å². The van der Waals surface area contributed by atoms with Crippen LogP contribution in [0.1, 0.15) is 43.2 Å². The van der Waals surface area contributed by atoms with Crippen LogP contribution < -0.4 is 5.32 Å². The van der Waals surface area contributed by atoms with Crippen LogP contribution in [0.5, 0.6) is 0 Å². The minimum atomic E-state index is -3.58. The van der Waals surface area contributed by atoms with E-state index in [0.29, 0.717) is 44.7 Å². The summed E-state index contributed by atoms with van der Waals surface area (Å²) < 4.78 is 27.7. The quantitative estimate of drug-likeness (QED) is 0.680. The highest BCUT2D eigenvalue weighted by molar-refractivity contribution is 7.89. The summed E-state index contributed by atoms with van der Waals surface area (Å²) in [5.41, 5.74) is 2.27. The predicted molar refractivity (Wildman–Crippen MR) is 132 cm³/mol. The van der Waals surface area contributed by atoms with E-state index in [2.05, 4.69) is 5.32 Å². The Morgan fingerprint density at radius 3 is 2.44 bits per heavy atom. The average Bonchev–Trinajstić information content (AvgIpc) is 2.86. The van der Waals surface area contributed by atoms with E-state index in [-0.39, 0.29) is 22.6 Å². The molecular weight excluding hydrogens is 450 g/mol. The molecule has 2 fully saturated rings. The summed E-state index contributed by atoms with van der Waals surface area (Å²) >= 11 is 0. The van der Waals surface area contributed by atoms with Gasteiger partial charge in [-0.05, 0) is 55.9 Å². The van der Waals surface area contributed by atoms with Crippen molar-refractivity contribution in [3.63, 3.8) is 0 Å². The fraction of sp³-hybridized carbons (Fsp3) is 0.462. The third-order valence-corrected chi connectivity index (χ3v) is 8.66. The number of nitrogens with one attached hydrogen (secondary N) is 1. The van der Waals surface area contributed by atoms with Gasteiger partial charge in [0.1, 0.15) is 0 Å². The molecule has 0 saturated carbocycles. The molecule has 2 saturated heterocycles. The zero-order valence-electron chi connectivity index (χ0n) is 19.7. The van der Waals surface area contributed by atoms with Crippen LogP contribution in [0.25, 0.3) is 0 Å². The van der Waals surface area contributed by atoms with Gasteiger partial charge in [0, 0.05) is 31.9 Å². The van der Waals surface area contributed by atoms with E-state index in [1.165, 1.54) is 4.31 Å². The van der Waals surface area contributed by atoms with Crippen LogP contribution in [0.3, 0.4) is 0 Å². The van der Waals surface area contributed by atoms with E-state index in [4.69, 9.17) is 0 Å². The number of likely N-dealkylation sites (tertiary alicyclic amines) is 1. The zero-order chi connectivity index (χ0) is 24.1. The highest BCUT2D eigenvalue weighted by Gasteiger charge is 2.30. The Balaban J connectivity index is 1.42. The number of carbonyl (C=O) groups is 2. The lowest BCUT2D eigenvalue weighted by Gasteiger charge is -2.32. The van der Waals surface area contributed by atoms with Crippen LogP contribution in [-0.2, 0) is 26.0 Å². The van der Waals surface area contributed by atoms with E-state index in [1.54, 1.807) is 23.1 Å². The van der Waals surface area contributed by atoms with Crippen molar-refractivity contribution in [3.05, 3.63) is 59.7 Å². The maximum Gasteiger partial charge on any atom is 0.243 e. The number of benzene rings is 2. The summed E-state index contributed by atoms with van der Waals surface area (Å²) in [6, 6.07) is 14.5. The van der Waals surface area contributed by atoms with E-state index >= 15 is 0 Å². The van der Waals surface area contributed by atoms with E-state index < -0.39 is 10.0 Å². The Kier molecular flexibility index (Phi) is 7.68. The molecule has 2 aliphatic rings. The van der Waals surface area contributed by atoms with Gasteiger partial charge in [-0.2, -0.15) is 4.31 Å². The minimum absolute atomic E-state index is 0.0227. The lowest BCUT2D eigenvalue weighted by Crippen LogP contribution is -2.44. The molecule has 182 valence electrons. The molecule has 1 atom stereocenters. The van der Waals surface area contributed by atoms with Crippen molar-refractivity contribution in [2.24, 2.45) is 5.92 Å². The Bertz CT molecular complexity index is 1130. The molecular formula is C26H33N3O4S. The van der Waals surface area contributed by atoms with Gasteiger partial charge in [-0.1, -0.05) is 42.8 Å². The van der Waals surface area contributed by atoms with Gasteiger partial charge in [-0.3, -0.25) is 9.59 Å². The monoisotopic (exact) mass is 483 g/mol. The molecule has 34 heavy (non-hydrogen) atoms. The van der Waals surface area contributed by atoms with Crippen LogP contribution in [0.15, 0.2) is 53.4 Å². The highest BCUT2D eigenvalue weighted by Crippen LogP contribution is 2.26. The molecule has 0 radical (unpaired) electrons. The first kappa shape index (κ1) is 24.4. The van der Waals surface area contributed by atoms with Gasteiger partial charge in [0.15, 0.2) is 0 Å². The molecule has 0 bridgehead atoms. The zero-order valence-corrected chi connectivity index (χ0v) is 20.5. The summed E-state index contributed by atoms with van der Waals surface area (Å²) in [5.74, 6) is -0.474. The number of hydrogen-bond donors (Lipinski definition) is 1. The fourth-order valence-corrected chi connectivity index (χ4v) is 6.23.